The molecular weight excluding hydrogens is 244 g/mol. The van der Waals surface area contributed by atoms with Crippen molar-refractivity contribution in [2.75, 3.05) is 0 Å². The van der Waals surface area contributed by atoms with Crippen LogP contribution in [0.4, 0.5) is 0 Å². The molecule has 2 aromatic rings. The first-order chi connectivity index (χ1) is 7.79. The van der Waals surface area contributed by atoms with Crippen molar-refractivity contribution in [2.45, 2.75) is 0 Å². The third-order valence-electron chi connectivity index (χ3n) is 1.49. The molecule has 0 aliphatic carbocycles. The van der Waals surface area contributed by atoms with Crippen LogP contribution in [0.15, 0.2) is 60.7 Å². The summed E-state index contributed by atoms with van der Waals surface area (Å²) >= 11 is 0. The van der Waals surface area contributed by atoms with E-state index in [-0.39, 0.29) is 49.2 Å². The van der Waals surface area contributed by atoms with Crippen molar-refractivity contribution in [1.82, 2.24) is 0 Å². The van der Waals surface area contributed by atoms with Crippen LogP contribution in [0.3, 0.4) is 0 Å². The van der Waals surface area contributed by atoms with E-state index in [0.29, 0.717) is 0 Å². The van der Waals surface area contributed by atoms with Gasteiger partial charge in [-0.1, -0.05) is 60.7 Å². The molecule has 4 heteroatoms. The van der Waals surface area contributed by atoms with Gasteiger partial charge in [-0.15, -0.1) is 11.5 Å². The Morgan fingerprint density at radius 1 is 0.647 bits per heavy atom. The predicted octanol–water partition coefficient (Wildman–Crippen LogP) is 0.955. The van der Waals surface area contributed by atoms with Crippen LogP contribution in [0.5, 0.6) is 11.5 Å². The van der Waals surface area contributed by atoms with E-state index in [1.54, 1.807) is 24.3 Å². The zero-order chi connectivity index (χ0) is 12.2. The van der Waals surface area contributed by atoms with Crippen molar-refractivity contribution in [2.24, 2.45) is 0 Å². The van der Waals surface area contributed by atoms with Crippen LogP contribution in [0.2, 0.25) is 0 Å². The monoisotopic (exact) mass is 256 g/mol. The second kappa shape index (κ2) is 13.0. The fourth-order valence-electron chi connectivity index (χ4n) is 0.841. The fourth-order valence-corrected chi connectivity index (χ4v) is 0.841. The van der Waals surface area contributed by atoms with E-state index in [2.05, 4.69) is 0 Å². The van der Waals surface area contributed by atoms with Crippen LogP contribution in [-0.4, -0.2) is 44.5 Å². The normalized spacial score (nSPS) is 7.29. The third-order valence-corrected chi connectivity index (χ3v) is 1.49. The van der Waals surface area contributed by atoms with Crippen LogP contribution in [-0.2, 0) is 4.79 Å². The molecule has 0 amide bonds. The summed E-state index contributed by atoms with van der Waals surface area (Å²) in [6, 6.07) is 16.7. The number of hydrogen-bond donors (Lipinski definition) is 0. The maximum Gasteiger partial charge on any atom is 2.00 e. The van der Waals surface area contributed by atoms with Gasteiger partial charge >= 0.3 is 37.7 Å². The number of hydrogen-bond acceptors (Lipinski definition) is 3. The van der Waals surface area contributed by atoms with Crippen molar-refractivity contribution in [3.63, 3.8) is 0 Å². The van der Waals surface area contributed by atoms with Gasteiger partial charge in [0.15, 0.2) is 0 Å². The van der Waals surface area contributed by atoms with E-state index in [1.165, 1.54) is 24.3 Å². The topological polar surface area (TPSA) is 63.2 Å². The maximum absolute atomic E-state index is 10.3. The molecule has 0 atom stereocenters. The molecule has 0 N–H and O–H groups in total. The van der Waals surface area contributed by atoms with Gasteiger partial charge in [0.2, 0.25) is 0 Å². The molecule has 0 saturated heterocycles. The molecule has 3 nitrogen and oxygen atoms in total. The second-order valence-electron chi connectivity index (χ2n) is 2.63. The minimum Gasteiger partial charge on any atom is -0.872 e. The van der Waals surface area contributed by atoms with Crippen LogP contribution in [0.25, 0.3) is 0 Å². The van der Waals surface area contributed by atoms with Gasteiger partial charge in [-0.3, -0.25) is 0 Å². The molecule has 0 spiro atoms. The van der Waals surface area contributed by atoms with Crippen molar-refractivity contribution < 1.29 is 15.0 Å². The van der Waals surface area contributed by atoms with Crippen LogP contribution in [0, 0.1) is 0 Å². The molecule has 2 rings (SSSR count). The Bertz CT molecular complexity index is 327. The van der Waals surface area contributed by atoms with Crippen molar-refractivity contribution in [1.29, 1.82) is 0 Å². The van der Waals surface area contributed by atoms with Gasteiger partial charge in [-0.05, 0) is 0 Å². The average molecular weight is 256 g/mol. The molecule has 0 radical (unpaired) electrons. The summed E-state index contributed by atoms with van der Waals surface area (Å²) in [6.07, 6.45) is 0. The summed E-state index contributed by atoms with van der Waals surface area (Å²) < 4.78 is 0. The fraction of sp³-hybridized carbons (Fsp3) is 0. The molecule has 0 heterocycles. The molecule has 0 bridgehead atoms. The quantitative estimate of drug-likeness (QED) is 0.659. The second-order valence-corrected chi connectivity index (χ2v) is 2.63. The summed E-state index contributed by atoms with van der Waals surface area (Å²) in [7, 11) is 0. The van der Waals surface area contributed by atoms with E-state index >= 15 is 0 Å². The number of rotatable bonds is 0. The van der Waals surface area contributed by atoms with Gasteiger partial charge in [0, 0.05) is 0 Å². The van der Waals surface area contributed by atoms with Crippen LogP contribution in [0.1, 0.15) is 0 Å². The summed E-state index contributed by atoms with van der Waals surface area (Å²) in [6.45, 7) is 2.00. The molecule has 0 fully saturated rings. The molecule has 0 unspecified atom stereocenters. The van der Waals surface area contributed by atoms with Crippen LogP contribution >= 0.6 is 0 Å². The van der Waals surface area contributed by atoms with Crippen molar-refractivity contribution >= 4 is 44.5 Å². The molecule has 84 valence electrons. The summed E-state index contributed by atoms with van der Waals surface area (Å²) in [4.78, 5) is 8.00. The average Bonchev–Trinajstić information content (AvgIpc) is 2.34. The predicted molar refractivity (Wildman–Crippen MR) is 64.7 cm³/mol. The summed E-state index contributed by atoms with van der Waals surface area (Å²) in [5.74, 6) is 0.144. The Morgan fingerprint density at radius 3 is 1.00 bits per heavy atom. The number of para-hydroxylation sites is 2. The van der Waals surface area contributed by atoms with E-state index in [0.717, 1.165) is 0 Å². The Kier molecular flexibility index (Phi) is 14.1. The van der Waals surface area contributed by atoms with E-state index < -0.39 is 0 Å². The van der Waals surface area contributed by atoms with Crippen molar-refractivity contribution in [3.8, 4) is 11.5 Å². The van der Waals surface area contributed by atoms with Crippen LogP contribution < -0.4 is 10.2 Å². The Morgan fingerprint density at radius 2 is 0.882 bits per heavy atom. The molecule has 0 saturated carbocycles. The first kappa shape index (κ1) is 18.3. The summed E-state index contributed by atoms with van der Waals surface area (Å²) in [5.41, 5.74) is 0. The number of carbonyl (C=O) groups is 1. The number of carbonyl (C=O) groups excluding carboxylic acids is 1. The molecule has 2 aromatic carbocycles. The standard InChI is InChI=1S/2C6H6O.CH2O.Ca/c2*7-6-4-2-1-3-5-6;1-2;/h2*1-5,7H;1H2;/q;;;+2/p-2. The minimum absolute atomic E-state index is 0. The SMILES string of the molecule is C=O.[Ca+2].[O-]c1ccccc1.[O-]c1ccccc1. The molecule has 17 heavy (non-hydrogen) atoms. The Labute approximate surface area is 131 Å². The van der Waals surface area contributed by atoms with Gasteiger partial charge in [-0.2, -0.15) is 0 Å². The van der Waals surface area contributed by atoms with Gasteiger partial charge < -0.3 is 15.0 Å². The van der Waals surface area contributed by atoms with E-state index in [1.807, 2.05) is 18.9 Å². The zero-order valence-electron chi connectivity index (χ0n) is 9.41. The first-order valence-corrected chi connectivity index (χ1v) is 4.52. The van der Waals surface area contributed by atoms with Gasteiger partial charge in [0.1, 0.15) is 6.79 Å². The van der Waals surface area contributed by atoms with Crippen molar-refractivity contribution in [3.05, 3.63) is 60.7 Å². The molecule has 0 aromatic heterocycles. The third kappa shape index (κ3) is 11.2. The Balaban J connectivity index is 0. The minimum atomic E-state index is 0. The summed E-state index contributed by atoms with van der Waals surface area (Å²) in [5, 5.41) is 20.5. The van der Waals surface area contributed by atoms with Gasteiger partial charge in [0.25, 0.3) is 0 Å². The smallest absolute Gasteiger partial charge is 0.872 e. The largest absolute Gasteiger partial charge is 2.00 e. The van der Waals surface area contributed by atoms with Gasteiger partial charge in [0.05, 0.1) is 0 Å². The zero-order valence-corrected chi connectivity index (χ0v) is 11.6. The number of benzene rings is 2. The molecule has 0 aliphatic heterocycles. The van der Waals surface area contributed by atoms with E-state index in [4.69, 9.17) is 4.79 Å². The molecule has 0 aliphatic rings. The van der Waals surface area contributed by atoms with E-state index in [9.17, 15) is 10.2 Å². The maximum atomic E-state index is 10.3. The molecular formula is C13H12CaO3. The first-order valence-electron chi connectivity index (χ1n) is 4.52. The Hall–Kier alpha value is -1.03. The van der Waals surface area contributed by atoms with Gasteiger partial charge in [-0.25, -0.2) is 0 Å².